The highest BCUT2D eigenvalue weighted by atomic mass is 19.4. The first-order chi connectivity index (χ1) is 18.0. The van der Waals surface area contributed by atoms with Crippen LogP contribution in [0.5, 0.6) is 5.75 Å². The van der Waals surface area contributed by atoms with Gasteiger partial charge in [-0.05, 0) is 48.2 Å². The second-order valence-electron chi connectivity index (χ2n) is 8.62. The van der Waals surface area contributed by atoms with Crippen molar-refractivity contribution >= 4 is 18.0 Å². The third-order valence-electron chi connectivity index (χ3n) is 5.44. The number of rotatable bonds is 14. The normalized spacial score (nSPS) is 11.1. The number of hydrogen-bond donors (Lipinski definition) is 2. The minimum Gasteiger partial charge on any atom is -0.481 e. The summed E-state index contributed by atoms with van der Waals surface area (Å²) in [6.07, 6.45) is -2.15. The lowest BCUT2D eigenvalue weighted by molar-refractivity contribution is -0.140. The number of ether oxygens (including phenoxy) is 2. The zero-order valence-corrected chi connectivity index (χ0v) is 21.5. The highest BCUT2D eigenvalue weighted by molar-refractivity contribution is 5.82. The van der Waals surface area contributed by atoms with Crippen LogP contribution in [0.3, 0.4) is 0 Å². The minimum absolute atomic E-state index is 0.0374. The molecular weight excluding hydrogens is 505 g/mol. The summed E-state index contributed by atoms with van der Waals surface area (Å²) < 4.78 is 50.7. The van der Waals surface area contributed by atoms with Gasteiger partial charge >= 0.3 is 18.2 Å². The standard InChI is InChI=1S/C27H33F3N2O6/c1-3-5-12-31-24(33)17-32(26(36)37-13-6-4-2)16-19-8-7-9-20(14-19)22-15-21(27(28,29)30)10-11-23(22)38-18-25(34)35/h7-11,14-15H,3-6,12-13,16-18H2,1-2H3,(H,31,33)(H,34,35). The molecular formula is C27H33F3N2O6. The van der Waals surface area contributed by atoms with E-state index in [2.05, 4.69) is 5.32 Å². The van der Waals surface area contributed by atoms with Crippen LogP contribution < -0.4 is 10.1 Å². The maximum atomic E-state index is 13.4. The molecule has 208 valence electrons. The quantitative estimate of drug-likeness (QED) is 0.308. The lowest BCUT2D eigenvalue weighted by Crippen LogP contribution is -2.41. The first-order valence-electron chi connectivity index (χ1n) is 12.4. The van der Waals surface area contributed by atoms with Gasteiger partial charge in [0, 0.05) is 18.7 Å². The third kappa shape index (κ3) is 9.95. The fourth-order valence-electron chi connectivity index (χ4n) is 3.47. The Kier molecular flexibility index (Phi) is 11.9. The number of nitrogens with one attached hydrogen (secondary N) is 1. The SMILES string of the molecule is CCCCNC(=O)CN(Cc1cccc(-c2cc(C(F)(F)F)ccc2OCC(=O)O)c1)C(=O)OCCCC. The lowest BCUT2D eigenvalue weighted by atomic mass is 9.99. The van der Waals surface area contributed by atoms with E-state index in [1.54, 1.807) is 24.3 Å². The van der Waals surface area contributed by atoms with Crippen molar-refractivity contribution in [2.24, 2.45) is 0 Å². The summed E-state index contributed by atoms with van der Waals surface area (Å²) in [5.74, 6) is -1.67. The molecule has 38 heavy (non-hydrogen) atoms. The summed E-state index contributed by atoms with van der Waals surface area (Å²) in [6, 6.07) is 9.14. The van der Waals surface area contributed by atoms with Gasteiger partial charge in [-0.1, -0.05) is 44.9 Å². The first-order valence-corrected chi connectivity index (χ1v) is 12.4. The molecule has 8 nitrogen and oxygen atoms in total. The van der Waals surface area contributed by atoms with Gasteiger partial charge in [-0.2, -0.15) is 13.2 Å². The van der Waals surface area contributed by atoms with E-state index in [1.165, 1.54) is 4.90 Å². The van der Waals surface area contributed by atoms with E-state index in [0.717, 1.165) is 37.5 Å². The van der Waals surface area contributed by atoms with Crippen molar-refractivity contribution in [3.05, 3.63) is 53.6 Å². The summed E-state index contributed by atoms with van der Waals surface area (Å²) in [4.78, 5) is 37.3. The highest BCUT2D eigenvalue weighted by Crippen LogP contribution is 2.37. The van der Waals surface area contributed by atoms with Gasteiger partial charge in [0.1, 0.15) is 12.3 Å². The second kappa shape index (κ2) is 14.8. The van der Waals surface area contributed by atoms with Gasteiger partial charge in [-0.3, -0.25) is 9.69 Å². The molecule has 2 aromatic rings. The third-order valence-corrected chi connectivity index (χ3v) is 5.44. The van der Waals surface area contributed by atoms with E-state index < -0.39 is 30.4 Å². The maximum absolute atomic E-state index is 13.4. The number of amides is 2. The molecule has 0 aliphatic rings. The summed E-state index contributed by atoms with van der Waals surface area (Å²) in [5.41, 5.74) is -0.0404. The van der Waals surface area contributed by atoms with Crippen LogP contribution in [0.4, 0.5) is 18.0 Å². The Labute approximate surface area is 219 Å². The van der Waals surface area contributed by atoms with E-state index in [0.29, 0.717) is 24.1 Å². The van der Waals surface area contributed by atoms with Gasteiger partial charge in [0.25, 0.3) is 0 Å². The molecule has 0 saturated carbocycles. The summed E-state index contributed by atoms with van der Waals surface area (Å²) in [5, 5.41) is 11.7. The van der Waals surface area contributed by atoms with Crippen molar-refractivity contribution in [2.75, 3.05) is 26.3 Å². The Balaban J connectivity index is 2.35. The monoisotopic (exact) mass is 538 g/mol. The van der Waals surface area contributed by atoms with Crippen LogP contribution in [-0.2, 0) is 27.0 Å². The fourth-order valence-corrected chi connectivity index (χ4v) is 3.47. The van der Waals surface area contributed by atoms with Gasteiger partial charge in [-0.15, -0.1) is 0 Å². The van der Waals surface area contributed by atoms with Crippen LogP contribution in [0.2, 0.25) is 0 Å². The van der Waals surface area contributed by atoms with Crippen LogP contribution in [0.1, 0.15) is 50.7 Å². The van der Waals surface area contributed by atoms with Crippen LogP contribution in [0.15, 0.2) is 42.5 Å². The zero-order valence-electron chi connectivity index (χ0n) is 21.5. The number of hydrogen-bond acceptors (Lipinski definition) is 5. The maximum Gasteiger partial charge on any atom is 0.416 e. The molecule has 0 bridgehead atoms. The Hall–Kier alpha value is -3.76. The van der Waals surface area contributed by atoms with Crippen LogP contribution >= 0.6 is 0 Å². The van der Waals surface area contributed by atoms with Gasteiger partial charge < -0.3 is 19.9 Å². The highest BCUT2D eigenvalue weighted by Gasteiger charge is 2.31. The Morgan fingerprint density at radius 1 is 1.03 bits per heavy atom. The van der Waals surface area contributed by atoms with Crippen molar-refractivity contribution in [1.82, 2.24) is 10.2 Å². The first kappa shape index (κ1) is 30.5. The van der Waals surface area contributed by atoms with E-state index in [4.69, 9.17) is 14.6 Å². The average molecular weight is 539 g/mol. The van der Waals surface area contributed by atoms with E-state index in [-0.39, 0.29) is 36.9 Å². The molecule has 0 aliphatic heterocycles. The summed E-state index contributed by atoms with van der Waals surface area (Å²) in [6.45, 7) is 3.57. The molecule has 0 aromatic heterocycles. The van der Waals surface area contributed by atoms with Crippen LogP contribution in [-0.4, -0.2) is 54.3 Å². The Morgan fingerprint density at radius 2 is 1.76 bits per heavy atom. The molecule has 0 atom stereocenters. The molecule has 2 rings (SSSR count). The average Bonchev–Trinajstić information content (AvgIpc) is 2.86. The minimum atomic E-state index is -4.62. The molecule has 2 aromatic carbocycles. The van der Waals surface area contributed by atoms with E-state index in [9.17, 15) is 27.6 Å². The molecule has 0 radical (unpaired) electrons. The number of nitrogens with zero attached hydrogens (tertiary/aromatic N) is 1. The number of halogens is 3. The Bertz CT molecular complexity index is 1090. The molecule has 0 saturated heterocycles. The molecule has 0 spiro atoms. The fraction of sp³-hybridized carbons (Fsp3) is 0.444. The van der Waals surface area contributed by atoms with Gasteiger partial charge in [0.15, 0.2) is 6.61 Å². The number of carbonyl (C=O) groups excluding carboxylic acids is 2. The van der Waals surface area contributed by atoms with E-state index >= 15 is 0 Å². The Morgan fingerprint density at radius 3 is 2.42 bits per heavy atom. The topological polar surface area (TPSA) is 105 Å². The smallest absolute Gasteiger partial charge is 0.416 e. The lowest BCUT2D eigenvalue weighted by Gasteiger charge is -2.22. The second-order valence-corrected chi connectivity index (χ2v) is 8.62. The number of benzene rings is 2. The van der Waals surface area contributed by atoms with Gasteiger partial charge in [0.2, 0.25) is 5.91 Å². The molecule has 0 heterocycles. The van der Waals surface area contributed by atoms with Crippen molar-refractivity contribution in [3.63, 3.8) is 0 Å². The number of unbranched alkanes of at least 4 members (excludes halogenated alkanes) is 2. The predicted molar refractivity (Wildman–Crippen MR) is 135 cm³/mol. The molecule has 2 amide bonds. The molecule has 0 fully saturated rings. The van der Waals surface area contributed by atoms with Gasteiger partial charge in [-0.25, -0.2) is 9.59 Å². The van der Waals surface area contributed by atoms with Gasteiger partial charge in [0.05, 0.1) is 12.2 Å². The van der Waals surface area contributed by atoms with Crippen LogP contribution in [0, 0.1) is 0 Å². The zero-order chi connectivity index (χ0) is 28.1. The summed E-state index contributed by atoms with van der Waals surface area (Å²) >= 11 is 0. The van der Waals surface area contributed by atoms with E-state index in [1.807, 2.05) is 13.8 Å². The van der Waals surface area contributed by atoms with Crippen molar-refractivity contribution in [1.29, 1.82) is 0 Å². The van der Waals surface area contributed by atoms with Crippen molar-refractivity contribution in [2.45, 2.75) is 52.3 Å². The largest absolute Gasteiger partial charge is 0.481 e. The number of alkyl halides is 3. The molecule has 0 aliphatic carbocycles. The molecule has 11 heteroatoms. The molecule has 2 N–H and O–H groups in total. The number of aliphatic carboxylic acids is 1. The molecule has 0 unspecified atom stereocenters. The van der Waals surface area contributed by atoms with Crippen molar-refractivity contribution in [3.8, 4) is 16.9 Å². The number of carbonyl (C=O) groups is 3. The van der Waals surface area contributed by atoms with Crippen molar-refractivity contribution < 1.29 is 42.1 Å². The van der Waals surface area contributed by atoms with Crippen LogP contribution in [0.25, 0.3) is 11.1 Å². The number of carboxylic acids is 1. The predicted octanol–water partition coefficient (Wildman–Crippen LogP) is 5.49. The summed E-state index contributed by atoms with van der Waals surface area (Å²) in [7, 11) is 0. The number of carboxylic acid groups (broad SMARTS) is 1.